The molecule has 0 spiro atoms. The van der Waals surface area contributed by atoms with Gasteiger partial charge in [0.05, 0.1) is 0 Å². The van der Waals surface area contributed by atoms with Gasteiger partial charge in [-0.05, 0) is 44.2 Å². The van der Waals surface area contributed by atoms with Crippen LogP contribution in [0.1, 0.15) is 16.0 Å². The Bertz CT molecular complexity index is 485. The lowest BCUT2D eigenvalue weighted by molar-refractivity contribution is 0.831. The monoisotopic (exact) mass is 231 g/mol. The van der Waals surface area contributed by atoms with E-state index in [4.69, 9.17) is 0 Å². The zero-order valence-electron chi connectivity index (χ0n) is 10.0. The normalized spacial score (nSPS) is 10.7. The van der Waals surface area contributed by atoms with E-state index in [9.17, 15) is 0 Å². The highest BCUT2D eigenvalue weighted by atomic mass is 32.1. The molecule has 2 heteroatoms. The molecular weight excluding hydrogens is 214 g/mol. The smallest absolute Gasteiger partial charge is 0.0348 e. The lowest BCUT2D eigenvalue weighted by atomic mass is 10.0. The van der Waals surface area contributed by atoms with Gasteiger partial charge in [0.15, 0.2) is 0 Å². The maximum atomic E-state index is 3.18. The van der Waals surface area contributed by atoms with Gasteiger partial charge in [-0.3, -0.25) is 0 Å². The molecule has 1 aromatic carbocycles. The van der Waals surface area contributed by atoms with Crippen molar-refractivity contribution in [1.29, 1.82) is 0 Å². The summed E-state index contributed by atoms with van der Waals surface area (Å²) in [6.45, 7) is 5.27. The van der Waals surface area contributed by atoms with Crippen molar-refractivity contribution in [3.05, 3.63) is 46.3 Å². The van der Waals surface area contributed by atoms with Crippen LogP contribution in [0.2, 0.25) is 0 Å². The van der Waals surface area contributed by atoms with E-state index < -0.39 is 0 Å². The van der Waals surface area contributed by atoms with E-state index >= 15 is 0 Å². The molecule has 1 N–H and O–H groups in total. The van der Waals surface area contributed by atoms with E-state index in [2.05, 4.69) is 49.5 Å². The fourth-order valence-corrected chi connectivity index (χ4v) is 2.99. The molecule has 1 nitrogen and oxygen atoms in total. The summed E-state index contributed by atoms with van der Waals surface area (Å²) in [4.78, 5) is 2.75. The topological polar surface area (TPSA) is 12.0 Å². The van der Waals surface area contributed by atoms with Gasteiger partial charge in [0, 0.05) is 16.3 Å². The summed E-state index contributed by atoms with van der Waals surface area (Å²) < 4.78 is 0. The summed E-state index contributed by atoms with van der Waals surface area (Å²) in [5.41, 5.74) is 4.05. The third-order valence-electron chi connectivity index (χ3n) is 2.66. The average molecular weight is 231 g/mol. The third kappa shape index (κ3) is 2.34. The number of thiophene rings is 1. The highest BCUT2D eigenvalue weighted by Gasteiger charge is 2.05. The minimum absolute atomic E-state index is 0.954. The van der Waals surface area contributed by atoms with Gasteiger partial charge in [-0.2, -0.15) is 0 Å². The Morgan fingerprint density at radius 2 is 1.94 bits per heavy atom. The number of nitrogens with one attached hydrogen (secondary N) is 1. The van der Waals surface area contributed by atoms with Crippen molar-refractivity contribution in [3.8, 4) is 10.4 Å². The molecule has 84 valence electrons. The Morgan fingerprint density at radius 1 is 1.12 bits per heavy atom. The third-order valence-corrected chi connectivity index (χ3v) is 3.78. The highest BCUT2D eigenvalue weighted by Crippen LogP contribution is 2.30. The minimum Gasteiger partial charge on any atom is -0.315 e. The van der Waals surface area contributed by atoms with Crippen molar-refractivity contribution in [1.82, 2.24) is 5.32 Å². The van der Waals surface area contributed by atoms with Gasteiger partial charge in [0.2, 0.25) is 0 Å². The Labute approximate surface area is 101 Å². The molecule has 2 aromatic rings. The van der Waals surface area contributed by atoms with Crippen molar-refractivity contribution in [2.75, 3.05) is 7.05 Å². The molecule has 0 amide bonds. The van der Waals surface area contributed by atoms with Gasteiger partial charge in [-0.25, -0.2) is 0 Å². The number of hydrogen-bond donors (Lipinski definition) is 1. The second-order valence-electron chi connectivity index (χ2n) is 4.11. The molecule has 0 aliphatic rings. The van der Waals surface area contributed by atoms with Gasteiger partial charge in [0.25, 0.3) is 0 Å². The van der Waals surface area contributed by atoms with Crippen LogP contribution in [0.5, 0.6) is 0 Å². The number of hydrogen-bond acceptors (Lipinski definition) is 2. The van der Waals surface area contributed by atoms with E-state index in [1.807, 2.05) is 18.4 Å². The molecule has 0 saturated carbocycles. The van der Waals surface area contributed by atoms with Crippen LogP contribution in [0.3, 0.4) is 0 Å². The van der Waals surface area contributed by atoms with Crippen molar-refractivity contribution in [2.24, 2.45) is 0 Å². The molecule has 2 rings (SSSR count). The van der Waals surface area contributed by atoms with Crippen LogP contribution in [-0.4, -0.2) is 7.05 Å². The van der Waals surface area contributed by atoms with Gasteiger partial charge >= 0.3 is 0 Å². The van der Waals surface area contributed by atoms with Crippen LogP contribution < -0.4 is 5.32 Å². The standard InChI is InChI=1S/C14H17NS/c1-10-4-6-13(11(2)8-10)14-7-5-12(16-14)9-15-3/h4-8,15H,9H2,1-3H3. The quantitative estimate of drug-likeness (QED) is 0.848. The first kappa shape index (κ1) is 11.4. The zero-order valence-corrected chi connectivity index (χ0v) is 10.8. The minimum atomic E-state index is 0.954. The molecule has 0 unspecified atom stereocenters. The van der Waals surface area contributed by atoms with E-state index in [1.54, 1.807) is 0 Å². The first-order valence-electron chi connectivity index (χ1n) is 5.51. The lowest BCUT2D eigenvalue weighted by Gasteiger charge is -2.04. The summed E-state index contributed by atoms with van der Waals surface area (Å²) in [5.74, 6) is 0. The molecule has 0 aliphatic heterocycles. The largest absolute Gasteiger partial charge is 0.315 e. The fourth-order valence-electron chi connectivity index (χ4n) is 1.88. The van der Waals surface area contributed by atoms with Crippen LogP contribution >= 0.6 is 11.3 Å². The van der Waals surface area contributed by atoms with E-state index in [0.29, 0.717) is 0 Å². The maximum absolute atomic E-state index is 3.18. The molecular formula is C14H17NS. The van der Waals surface area contributed by atoms with Crippen LogP contribution in [0, 0.1) is 13.8 Å². The van der Waals surface area contributed by atoms with Crippen molar-refractivity contribution in [3.63, 3.8) is 0 Å². The molecule has 0 atom stereocenters. The molecule has 16 heavy (non-hydrogen) atoms. The van der Waals surface area contributed by atoms with Crippen LogP contribution in [0.4, 0.5) is 0 Å². The summed E-state index contributed by atoms with van der Waals surface area (Å²) in [6.07, 6.45) is 0. The number of aryl methyl sites for hydroxylation is 2. The zero-order chi connectivity index (χ0) is 11.5. The second kappa shape index (κ2) is 4.81. The van der Waals surface area contributed by atoms with Crippen LogP contribution in [0.15, 0.2) is 30.3 Å². The first-order valence-corrected chi connectivity index (χ1v) is 6.33. The van der Waals surface area contributed by atoms with Gasteiger partial charge in [0.1, 0.15) is 0 Å². The molecule has 1 aromatic heterocycles. The Hall–Kier alpha value is -1.12. The number of rotatable bonds is 3. The van der Waals surface area contributed by atoms with Crippen LogP contribution in [0.25, 0.3) is 10.4 Å². The Morgan fingerprint density at radius 3 is 2.62 bits per heavy atom. The Kier molecular flexibility index (Phi) is 3.42. The fraction of sp³-hybridized carbons (Fsp3) is 0.286. The van der Waals surface area contributed by atoms with Crippen molar-refractivity contribution in [2.45, 2.75) is 20.4 Å². The highest BCUT2D eigenvalue weighted by molar-refractivity contribution is 7.15. The van der Waals surface area contributed by atoms with Crippen molar-refractivity contribution >= 4 is 11.3 Å². The molecule has 0 aliphatic carbocycles. The molecule has 1 heterocycles. The second-order valence-corrected chi connectivity index (χ2v) is 5.28. The SMILES string of the molecule is CNCc1ccc(-c2ccc(C)cc2C)s1. The Balaban J connectivity index is 2.35. The lowest BCUT2D eigenvalue weighted by Crippen LogP contribution is -2.02. The first-order chi connectivity index (χ1) is 7.70. The predicted octanol–water partition coefficient (Wildman–Crippen LogP) is 3.75. The van der Waals surface area contributed by atoms with Crippen LogP contribution in [-0.2, 0) is 6.54 Å². The van der Waals surface area contributed by atoms with Gasteiger partial charge in [-0.1, -0.05) is 23.8 Å². The predicted molar refractivity (Wildman–Crippen MR) is 72.0 cm³/mol. The molecule has 0 fully saturated rings. The summed E-state index contributed by atoms with van der Waals surface area (Å²) in [6, 6.07) is 11.1. The molecule has 0 bridgehead atoms. The summed E-state index contributed by atoms with van der Waals surface area (Å²) >= 11 is 1.87. The van der Waals surface area contributed by atoms with E-state index in [0.717, 1.165) is 6.54 Å². The molecule has 0 radical (unpaired) electrons. The summed E-state index contributed by atoms with van der Waals surface area (Å²) in [7, 11) is 1.98. The maximum Gasteiger partial charge on any atom is 0.0348 e. The van der Waals surface area contributed by atoms with E-state index in [1.165, 1.54) is 26.4 Å². The summed E-state index contributed by atoms with van der Waals surface area (Å²) in [5, 5.41) is 3.18. The van der Waals surface area contributed by atoms with Gasteiger partial charge in [-0.15, -0.1) is 11.3 Å². The van der Waals surface area contributed by atoms with Crippen molar-refractivity contribution < 1.29 is 0 Å². The van der Waals surface area contributed by atoms with Gasteiger partial charge < -0.3 is 5.32 Å². The number of benzene rings is 1. The molecule has 0 saturated heterocycles. The average Bonchev–Trinajstić information content (AvgIpc) is 2.67. The van der Waals surface area contributed by atoms with E-state index in [-0.39, 0.29) is 0 Å².